The third-order valence-corrected chi connectivity index (χ3v) is 2.82. The lowest BCUT2D eigenvalue weighted by molar-refractivity contribution is -0.275. The van der Waals surface area contributed by atoms with Crippen LogP contribution in [0.5, 0.6) is 5.75 Å². The minimum absolute atomic E-state index is 0.158. The summed E-state index contributed by atoms with van der Waals surface area (Å²) in [6.45, 7) is 1.38. The highest BCUT2D eigenvalue weighted by Gasteiger charge is 2.37. The number of alkyl halides is 6. The van der Waals surface area contributed by atoms with E-state index in [0.717, 1.165) is 18.2 Å². The van der Waals surface area contributed by atoms with E-state index >= 15 is 0 Å². The molecule has 0 amide bonds. The van der Waals surface area contributed by atoms with Gasteiger partial charge in [-0.25, -0.2) is 0 Å². The van der Waals surface area contributed by atoms with Crippen LogP contribution in [-0.4, -0.2) is 17.7 Å². The molecule has 0 radical (unpaired) electrons. The fourth-order valence-electron chi connectivity index (χ4n) is 1.35. The Morgan fingerprint density at radius 1 is 1.20 bits per heavy atom. The molecule has 0 aromatic heterocycles. The molecule has 0 N–H and O–H groups in total. The van der Waals surface area contributed by atoms with E-state index in [4.69, 9.17) is 0 Å². The number of para-hydroxylation sites is 1. The van der Waals surface area contributed by atoms with Crippen molar-refractivity contribution in [3.8, 4) is 5.75 Å². The van der Waals surface area contributed by atoms with Crippen molar-refractivity contribution in [2.75, 3.05) is 0 Å². The van der Waals surface area contributed by atoms with Crippen LogP contribution in [0, 0.1) is 0 Å². The second-order valence-corrected chi connectivity index (χ2v) is 4.61. The number of rotatable bonds is 4. The van der Waals surface area contributed by atoms with Gasteiger partial charge < -0.3 is 4.74 Å². The number of carbonyl (C=O) groups excluding carboxylic acids is 1. The maximum absolute atomic E-state index is 12.3. The quantitative estimate of drug-likeness (QED) is 0.453. The van der Waals surface area contributed by atoms with E-state index in [1.54, 1.807) is 0 Å². The zero-order valence-corrected chi connectivity index (χ0v) is 10.7. The van der Waals surface area contributed by atoms with Crippen molar-refractivity contribution in [1.82, 2.24) is 0 Å². The summed E-state index contributed by atoms with van der Waals surface area (Å²) < 4.78 is 77.4. The van der Waals surface area contributed by atoms with Gasteiger partial charge in [-0.2, -0.15) is 13.2 Å². The predicted molar refractivity (Wildman–Crippen MR) is 59.7 cm³/mol. The topological polar surface area (TPSA) is 26.3 Å². The molecule has 0 spiro atoms. The van der Waals surface area contributed by atoms with Crippen molar-refractivity contribution in [2.45, 2.75) is 30.1 Å². The monoisotopic (exact) mass is 318 g/mol. The second-order valence-electron chi connectivity index (χ2n) is 3.51. The first-order valence-corrected chi connectivity index (χ1v) is 6.03. The number of benzene rings is 1. The van der Waals surface area contributed by atoms with Crippen molar-refractivity contribution in [1.29, 1.82) is 0 Å². The zero-order chi connectivity index (χ0) is 15.6. The average molecular weight is 318 g/mol. The van der Waals surface area contributed by atoms with Crippen molar-refractivity contribution < 1.29 is 35.9 Å². The SMILES string of the molecule is CCC(=O)c1cccc(SC(F)(F)F)c1OC(F)(F)F. The molecule has 112 valence electrons. The predicted octanol–water partition coefficient (Wildman–Crippen LogP) is 4.79. The van der Waals surface area contributed by atoms with Gasteiger partial charge in [0.1, 0.15) is 0 Å². The van der Waals surface area contributed by atoms with Gasteiger partial charge in [0.15, 0.2) is 11.5 Å². The van der Waals surface area contributed by atoms with Crippen LogP contribution in [0.1, 0.15) is 23.7 Å². The number of ether oxygens (including phenoxy) is 1. The van der Waals surface area contributed by atoms with Crippen LogP contribution in [0.3, 0.4) is 0 Å². The molecular formula is C11H8F6O2S. The van der Waals surface area contributed by atoms with E-state index in [-0.39, 0.29) is 6.42 Å². The standard InChI is InChI=1S/C11H8F6O2S/c1-2-7(18)6-4-3-5-8(20-11(15,16)17)9(6)19-10(12,13)14/h3-5H,2H2,1H3. The van der Waals surface area contributed by atoms with Gasteiger partial charge in [-0.05, 0) is 23.9 Å². The number of hydrogen-bond acceptors (Lipinski definition) is 3. The maximum atomic E-state index is 12.3. The average Bonchev–Trinajstić information content (AvgIpc) is 2.26. The molecule has 0 aliphatic heterocycles. The van der Waals surface area contributed by atoms with Gasteiger partial charge >= 0.3 is 11.9 Å². The van der Waals surface area contributed by atoms with E-state index in [1.165, 1.54) is 6.92 Å². The highest BCUT2D eigenvalue weighted by molar-refractivity contribution is 8.00. The molecule has 1 rings (SSSR count). The Hall–Kier alpha value is -1.38. The van der Waals surface area contributed by atoms with E-state index in [0.29, 0.717) is 0 Å². The van der Waals surface area contributed by atoms with Crippen LogP contribution in [0.25, 0.3) is 0 Å². The minimum Gasteiger partial charge on any atom is -0.404 e. The second kappa shape index (κ2) is 5.94. The molecule has 0 aliphatic carbocycles. The smallest absolute Gasteiger partial charge is 0.404 e. The Kier molecular flexibility index (Phi) is 4.95. The molecule has 1 aromatic rings. The molecule has 9 heteroatoms. The van der Waals surface area contributed by atoms with Crippen molar-refractivity contribution in [3.63, 3.8) is 0 Å². The Morgan fingerprint density at radius 2 is 1.80 bits per heavy atom. The number of Topliss-reactive ketones (excluding diaryl/α,β-unsaturated/α-hetero) is 1. The Balaban J connectivity index is 3.32. The molecule has 0 bridgehead atoms. The number of hydrogen-bond donors (Lipinski definition) is 0. The summed E-state index contributed by atoms with van der Waals surface area (Å²) in [7, 11) is 0. The molecular weight excluding hydrogens is 310 g/mol. The van der Waals surface area contributed by atoms with Gasteiger partial charge in [-0.3, -0.25) is 4.79 Å². The first-order chi connectivity index (χ1) is 9.03. The van der Waals surface area contributed by atoms with Crippen LogP contribution >= 0.6 is 11.8 Å². The van der Waals surface area contributed by atoms with Gasteiger partial charge in [-0.1, -0.05) is 13.0 Å². The molecule has 0 aliphatic rings. The Bertz CT molecular complexity index is 495. The van der Waals surface area contributed by atoms with E-state index in [2.05, 4.69) is 4.74 Å². The molecule has 0 saturated carbocycles. The summed E-state index contributed by atoms with van der Waals surface area (Å²) in [6, 6.07) is 2.87. The summed E-state index contributed by atoms with van der Waals surface area (Å²) in [5, 5.41) is 0. The molecule has 0 unspecified atom stereocenters. The largest absolute Gasteiger partial charge is 0.573 e. The molecule has 0 fully saturated rings. The van der Waals surface area contributed by atoms with Crippen molar-refractivity contribution in [3.05, 3.63) is 23.8 Å². The van der Waals surface area contributed by atoms with Gasteiger partial charge in [0, 0.05) is 6.42 Å². The van der Waals surface area contributed by atoms with Crippen molar-refractivity contribution >= 4 is 17.5 Å². The lowest BCUT2D eigenvalue weighted by Gasteiger charge is -2.16. The van der Waals surface area contributed by atoms with Crippen LogP contribution in [0.4, 0.5) is 26.3 Å². The highest BCUT2D eigenvalue weighted by Crippen LogP contribution is 2.44. The van der Waals surface area contributed by atoms with Gasteiger partial charge in [0.05, 0.1) is 10.5 Å². The van der Waals surface area contributed by atoms with E-state index in [9.17, 15) is 31.1 Å². The Labute approximate surface area is 114 Å². The number of halogens is 6. The summed E-state index contributed by atoms with van der Waals surface area (Å²) in [6.07, 6.45) is -5.35. The van der Waals surface area contributed by atoms with E-state index < -0.39 is 45.6 Å². The summed E-state index contributed by atoms with van der Waals surface area (Å²) in [5.74, 6) is -1.86. The molecule has 2 nitrogen and oxygen atoms in total. The molecule has 0 saturated heterocycles. The fraction of sp³-hybridized carbons (Fsp3) is 0.364. The first-order valence-electron chi connectivity index (χ1n) is 5.21. The molecule has 0 atom stereocenters. The zero-order valence-electron chi connectivity index (χ0n) is 9.93. The highest BCUT2D eigenvalue weighted by atomic mass is 32.2. The summed E-state index contributed by atoms with van der Waals surface area (Å²) >= 11 is -0.767. The third kappa shape index (κ3) is 4.95. The number of ketones is 1. The fourth-order valence-corrected chi connectivity index (χ4v) is 1.99. The van der Waals surface area contributed by atoms with E-state index in [1.807, 2.05) is 0 Å². The third-order valence-electron chi connectivity index (χ3n) is 2.04. The maximum Gasteiger partial charge on any atom is 0.573 e. The normalized spacial score (nSPS) is 12.3. The number of thioether (sulfide) groups is 1. The van der Waals surface area contributed by atoms with Crippen molar-refractivity contribution in [2.24, 2.45) is 0 Å². The van der Waals surface area contributed by atoms with Gasteiger partial charge in [0.25, 0.3) is 0 Å². The first kappa shape index (κ1) is 16.7. The van der Waals surface area contributed by atoms with Crippen LogP contribution < -0.4 is 4.74 Å². The van der Waals surface area contributed by atoms with Gasteiger partial charge in [-0.15, -0.1) is 13.2 Å². The summed E-state index contributed by atoms with van der Waals surface area (Å²) in [5.41, 5.74) is -5.32. The minimum atomic E-state index is -5.19. The van der Waals surface area contributed by atoms with Crippen LogP contribution in [-0.2, 0) is 0 Å². The van der Waals surface area contributed by atoms with Crippen LogP contribution in [0.2, 0.25) is 0 Å². The molecule has 1 aromatic carbocycles. The lowest BCUT2D eigenvalue weighted by atomic mass is 10.1. The summed E-state index contributed by atoms with van der Waals surface area (Å²) in [4.78, 5) is 10.7. The van der Waals surface area contributed by atoms with Gasteiger partial charge in [0.2, 0.25) is 0 Å². The molecule has 20 heavy (non-hydrogen) atoms. The lowest BCUT2D eigenvalue weighted by Crippen LogP contribution is -2.20. The van der Waals surface area contributed by atoms with Crippen LogP contribution in [0.15, 0.2) is 23.1 Å². The molecule has 0 heterocycles. The number of carbonyl (C=O) groups is 1. The Morgan fingerprint density at radius 3 is 2.25 bits per heavy atom.